The molecule has 3 aliphatic heterocycles. The fourth-order valence-corrected chi connectivity index (χ4v) is 11.7. The van der Waals surface area contributed by atoms with Crippen LogP contribution in [-0.4, -0.2) is 15.7 Å². The van der Waals surface area contributed by atoms with Gasteiger partial charge in [-0.05, 0) is 121 Å². The van der Waals surface area contributed by atoms with E-state index in [0.29, 0.717) is 10.9 Å². The van der Waals surface area contributed by atoms with Crippen LogP contribution in [0.1, 0.15) is 80.5 Å². The number of nitrogens with zero attached hydrogens (tertiary/aromatic N) is 3. The molecule has 7 aromatic carbocycles. The largest absolute Gasteiger partial charge is 0.311 e. The van der Waals surface area contributed by atoms with E-state index in [1.807, 2.05) is 6.07 Å². The van der Waals surface area contributed by atoms with Crippen LogP contribution in [0.3, 0.4) is 0 Å². The van der Waals surface area contributed by atoms with Crippen LogP contribution < -0.4 is 21.3 Å². The molecule has 0 bridgehead atoms. The maximum Gasteiger partial charge on any atom is 0.252 e. The van der Waals surface area contributed by atoms with Crippen molar-refractivity contribution in [3.63, 3.8) is 0 Å². The highest BCUT2D eigenvalue weighted by molar-refractivity contribution is 7.00. The van der Waals surface area contributed by atoms with E-state index in [4.69, 9.17) is 0 Å². The van der Waals surface area contributed by atoms with Crippen molar-refractivity contribution in [1.29, 1.82) is 0 Å². The fourth-order valence-electron chi connectivity index (χ4n) is 11.7. The van der Waals surface area contributed by atoms with E-state index in [2.05, 4.69) is 172 Å². The van der Waals surface area contributed by atoms with E-state index in [1.54, 1.807) is 0 Å². The van der Waals surface area contributed by atoms with Crippen LogP contribution >= 0.6 is 0 Å². The fraction of sp³-hybridized carbons (Fsp3) is 0.185. The highest BCUT2D eigenvalue weighted by Crippen LogP contribution is 2.64. The lowest BCUT2D eigenvalue weighted by molar-refractivity contribution is 0.511. The predicted molar refractivity (Wildman–Crippen MR) is 244 cm³/mol. The van der Waals surface area contributed by atoms with Gasteiger partial charge in [-0.2, -0.15) is 0 Å². The minimum Gasteiger partial charge on any atom is -0.311 e. The second-order valence-electron chi connectivity index (χ2n) is 19.7. The Balaban J connectivity index is 1.25. The minimum atomic E-state index is -0.841. The van der Waals surface area contributed by atoms with E-state index in [1.165, 1.54) is 90.1 Å². The van der Waals surface area contributed by atoms with Crippen LogP contribution in [-0.2, 0) is 16.2 Å². The van der Waals surface area contributed by atoms with Crippen molar-refractivity contribution in [2.75, 3.05) is 4.90 Å². The number of anilines is 3. The Morgan fingerprint density at radius 1 is 0.550 bits per heavy atom. The second kappa shape index (κ2) is 10.9. The molecular formula is C54H42BF2N3. The van der Waals surface area contributed by atoms with Gasteiger partial charge < -0.3 is 4.90 Å². The first-order valence-electron chi connectivity index (χ1n) is 21.2. The van der Waals surface area contributed by atoms with Crippen molar-refractivity contribution in [2.24, 2.45) is 0 Å². The molecule has 0 amide bonds. The number of hydrogen-bond acceptors (Lipinski definition) is 1. The number of para-hydroxylation sites is 1. The van der Waals surface area contributed by atoms with Gasteiger partial charge in [-0.25, -0.2) is 8.78 Å². The van der Waals surface area contributed by atoms with Gasteiger partial charge in [0.05, 0.1) is 27.7 Å². The number of fused-ring (bicyclic) bond motifs is 18. The zero-order valence-corrected chi connectivity index (χ0v) is 34.8. The summed E-state index contributed by atoms with van der Waals surface area (Å²) in [7, 11) is 0. The van der Waals surface area contributed by atoms with Gasteiger partial charge in [0, 0.05) is 28.5 Å². The molecule has 0 unspecified atom stereocenters. The summed E-state index contributed by atoms with van der Waals surface area (Å²) < 4.78 is 34.3. The van der Waals surface area contributed by atoms with Gasteiger partial charge in [-0.15, -0.1) is 0 Å². The molecule has 0 saturated heterocycles. The molecule has 0 saturated carbocycles. The average molecular weight is 782 g/mol. The first-order valence-corrected chi connectivity index (χ1v) is 21.2. The summed E-state index contributed by atoms with van der Waals surface area (Å²) >= 11 is 0. The topological polar surface area (TPSA) is 12.6 Å². The van der Waals surface area contributed by atoms with Crippen molar-refractivity contribution < 1.29 is 8.78 Å². The van der Waals surface area contributed by atoms with Crippen LogP contribution in [0.25, 0.3) is 44.4 Å². The molecule has 1 aliphatic carbocycles. The van der Waals surface area contributed by atoms with Gasteiger partial charge in [-0.3, -0.25) is 8.97 Å². The summed E-state index contributed by atoms with van der Waals surface area (Å²) in [6, 6.07) is 46.5. The Bertz CT molecular complexity index is 3420. The third-order valence-corrected chi connectivity index (χ3v) is 14.3. The quantitative estimate of drug-likeness (QED) is 0.140. The minimum absolute atomic E-state index is 0.0799. The molecule has 60 heavy (non-hydrogen) atoms. The van der Waals surface area contributed by atoms with Gasteiger partial charge in [0.25, 0.3) is 6.71 Å². The third-order valence-electron chi connectivity index (χ3n) is 14.3. The molecule has 9 aromatic rings. The monoisotopic (exact) mass is 781 g/mol. The van der Waals surface area contributed by atoms with Gasteiger partial charge in [0.1, 0.15) is 5.65 Å². The van der Waals surface area contributed by atoms with E-state index >= 15 is 4.39 Å². The number of aromatic nitrogens is 2. The molecule has 0 radical (unpaired) electrons. The molecule has 13 rings (SSSR count). The second-order valence-corrected chi connectivity index (χ2v) is 19.7. The molecule has 0 atom stereocenters. The zero-order valence-electron chi connectivity index (χ0n) is 34.8. The van der Waals surface area contributed by atoms with E-state index < -0.39 is 17.0 Å². The molecule has 3 nitrogen and oxygen atoms in total. The molecule has 5 heterocycles. The van der Waals surface area contributed by atoms with Crippen molar-refractivity contribution in [2.45, 2.75) is 64.7 Å². The first-order chi connectivity index (χ1) is 28.8. The maximum atomic E-state index is 15.1. The molecule has 290 valence electrons. The predicted octanol–water partition coefficient (Wildman–Crippen LogP) is 11.5. The Hall–Kier alpha value is -6.40. The summed E-state index contributed by atoms with van der Waals surface area (Å²) in [4.78, 5) is 2.60. The van der Waals surface area contributed by atoms with E-state index in [0.717, 1.165) is 27.9 Å². The van der Waals surface area contributed by atoms with E-state index in [9.17, 15) is 4.39 Å². The summed E-state index contributed by atoms with van der Waals surface area (Å²) in [5.74, 6) is -1.68. The lowest BCUT2D eigenvalue weighted by atomic mass is 9.33. The van der Waals surface area contributed by atoms with E-state index in [-0.39, 0.29) is 17.5 Å². The van der Waals surface area contributed by atoms with Gasteiger partial charge in [0.15, 0.2) is 11.6 Å². The first kappa shape index (κ1) is 34.5. The smallest absolute Gasteiger partial charge is 0.252 e. The molecule has 4 aliphatic rings. The molecule has 1 spiro atoms. The lowest BCUT2D eigenvalue weighted by Crippen LogP contribution is -2.62. The van der Waals surface area contributed by atoms with Crippen molar-refractivity contribution in [3.8, 4) is 16.8 Å². The number of aryl methyl sites for hydroxylation is 1. The number of benzene rings is 7. The summed E-state index contributed by atoms with van der Waals surface area (Å²) in [6.45, 7) is 16.1. The normalized spacial score (nSPS) is 15.2. The van der Waals surface area contributed by atoms with Crippen LogP contribution in [0.15, 0.2) is 127 Å². The lowest BCUT2D eigenvalue weighted by Gasteiger charge is -2.50. The van der Waals surface area contributed by atoms with Gasteiger partial charge in [-0.1, -0.05) is 126 Å². The maximum absolute atomic E-state index is 15.1. The summed E-state index contributed by atoms with van der Waals surface area (Å²) in [5.41, 5.74) is 22.9. The average Bonchev–Trinajstić information content (AvgIpc) is 3.84. The highest BCUT2D eigenvalue weighted by Gasteiger charge is 2.55. The van der Waals surface area contributed by atoms with Crippen LogP contribution in [0.5, 0.6) is 0 Å². The Morgan fingerprint density at radius 3 is 1.93 bits per heavy atom. The van der Waals surface area contributed by atoms with Gasteiger partial charge >= 0.3 is 0 Å². The van der Waals surface area contributed by atoms with Crippen LogP contribution in [0.2, 0.25) is 0 Å². The Kier molecular flexibility index (Phi) is 6.24. The summed E-state index contributed by atoms with van der Waals surface area (Å²) in [6.07, 6.45) is 0. The highest BCUT2D eigenvalue weighted by atomic mass is 19.2. The molecule has 2 aromatic heterocycles. The summed E-state index contributed by atoms with van der Waals surface area (Å²) in [5, 5.41) is 0.676. The Morgan fingerprint density at radius 2 is 1.22 bits per heavy atom. The third kappa shape index (κ3) is 3.96. The van der Waals surface area contributed by atoms with Crippen molar-refractivity contribution in [3.05, 3.63) is 178 Å². The number of halogens is 2. The van der Waals surface area contributed by atoms with Crippen molar-refractivity contribution >= 4 is 67.7 Å². The number of hydrogen-bond donors (Lipinski definition) is 0. The van der Waals surface area contributed by atoms with Crippen molar-refractivity contribution in [1.82, 2.24) is 8.97 Å². The SMILES string of the molecule is Cc1cc2c3c(c1)-n1c4c(cccc4n4c5cc(F)c(F)cc5cc14)B3c1cc(C(C)(C)C)cc3c1N2c1ccc(C(C)(C)C)cc1C31c2ccccc2-c2ccccc21. The molecule has 6 heteroatoms. The van der Waals surface area contributed by atoms with Gasteiger partial charge in [0.2, 0.25) is 0 Å². The molecule has 0 fully saturated rings. The molecular weight excluding hydrogens is 739 g/mol. The standard InChI is InChI=1S/C54H42BF2N3/c1-29-21-46-49-47(22-29)60-48-24-30-23-41(56)42(57)28-45(30)58(48)44-18-12-17-39(51(44)60)55(49)40-27-32(53(5,6)7)26-38-50(40)59(46)43-20-19-31(52(2,3)4)25-37(43)54(38)35-15-10-8-13-33(35)34-14-9-11-16-36(34)54/h8-28H,1-7H3. The number of imidazole rings is 1. The molecule has 0 N–H and O–H groups in total. The van der Waals surface area contributed by atoms with Crippen LogP contribution in [0, 0.1) is 18.6 Å². The Labute approximate surface area is 348 Å². The zero-order chi connectivity index (χ0) is 40.9. The number of rotatable bonds is 0. The van der Waals surface area contributed by atoms with Crippen LogP contribution in [0.4, 0.5) is 25.8 Å².